The van der Waals surface area contributed by atoms with Crippen LogP contribution in [-0.4, -0.2) is 23.5 Å². The van der Waals surface area contributed by atoms with Crippen LogP contribution in [0.25, 0.3) is 0 Å². The van der Waals surface area contributed by atoms with E-state index in [1.807, 2.05) is 5.38 Å². The zero-order valence-electron chi connectivity index (χ0n) is 13.2. The number of carboxylic acids is 1. The van der Waals surface area contributed by atoms with E-state index < -0.39 is 5.97 Å². The van der Waals surface area contributed by atoms with Gasteiger partial charge < -0.3 is 10.4 Å². The average molecular weight is 323 g/mol. The van der Waals surface area contributed by atoms with Gasteiger partial charge in [-0.15, -0.1) is 11.3 Å². The topological polar surface area (TPSA) is 66.4 Å². The fourth-order valence-corrected chi connectivity index (χ4v) is 4.16. The van der Waals surface area contributed by atoms with Crippen molar-refractivity contribution in [2.75, 3.05) is 6.54 Å². The Bertz CT molecular complexity index is 524. The number of aliphatic carboxylic acids is 1. The molecule has 1 aromatic rings. The van der Waals surface area contributed by atoms with E-state index in [-0.39, 0.29) is 12.3 Å². The summed E-state index contributed by atoms with van der Waals surface area (Å²) in [7, 11) is 0. The highest BCUT2D eigenvalue weighted by Crippen LogP contribution is 2.32. The molecular formula is C17H25NO3S. The number of rotatable bonds is 8. The number of hydrogen-bond acceptors (Lipinski definition) is 3. The monoisotopic (exact) mass is 323 g/mol. The maximum absolute atomic E-state index is 12.3. The van der Waals surface area contributed by atoms with Gasteiger partial charge in [-0.25, -0.2) is 0 Å². The van der Waals surface area contributed by atoms with Gasteiger partial charge in [-0.05, 0) is 43.6 Å². The van der Waals surface area contributed by atoms with Crippen molar-refractivity contribution in [2.45, 2.75) is 58.3 Å². The summed E-state index contributed by atoms with van der Waals surface area (Å²) in [4.78, 5) is 24.0. The van der Waals surface area contributed by atoms with E-state index in [0.29, 0.717) is 6.54 Å². The molecule has 1 amide bonds. The fraction of sp³-hybridized carbons (Fsp3) is 0.647. The van der Waals surface area contributed by atoms with E-state index in [4.69, 9.17) is 5.11 Å². The van der Waals surface area contributed by atoms with E-state index in [2.05, 4.69) is 12.2 Å². The van der Waals surface area contributed by atoms with Gasteiger partial charge in [0.15, 0.2) is 0 Å². The highest BCUT2D eigenvalue weighted by Gasteiger charge is 2.22. The van der Waals surface area contributed by atoms with Crippen molar-refractivity contribution in [3.63, 3.8) is 0 Å². The van der Waals surface area contributed by atoms with Gasteiger partial charge >= 0.3 is 5.97 Å². The minimum Gasteiger partial charge on any atom is -0.481 e. The largest absolute Gasteiger partial charge is 0.481 e. The fourth-order valence-electron chi connectivity index (χ4n) is 2.92. The van der Waals surface area contributed by atoms with E-state index >= 15 is 0 Å². The zero-order valence-corrected chi connectivity index (χ0v) is 14.0. The number of nitrogens with one attached hydrogen (secondary N) is 1. The standard InChI is InChI=1S/C17H25NO3S/c1-12-7-8-13-14(11-22-15(13)10-12)17(21)18-9-5-3-2-4-6-16(19)20/h11-12H,2-10H2,1H3,(H,18,21)(H,19,20)/t12-/m0/s1. The molecule has 0 aliphatic heterocycles. The Morgan fingerprint density at radius 1 is 1.32 bits per heavy atom. The second-order valence-electron chi connectivity index (χ2n) is 6.21. The van der Waals surface area contributed by atoms with Gasteiger partial charge in [0.1, 0.15) is 0 Å². The van der Waals surface area contributed by atoms with Crippen LogP contribution >= 0.6 is 11.3 Å². The summed E-state index contributed by atoms with van der Waals surface area (Å²) in [5.41, 5.74) is 2.14. The van der Waals surface area contributed by atoms with Crippen molar-refractivity contribution < 1.29 is 14.7 Å². The molecular weight excluding hydrogens is 298 g/mol. The van der Waals surface area contributed by atoms with E-state index in [1.54, 1.807) is 11.3 Å². The maximum atomic E-state index is 12.3. The number of amides is 1. The van der Waals surface area contributed by atoms with Gasteiger partial charge in [-0.3, -0.25) is 9.59 Å². The Labute approximate surface area is 135 Å². The Hall–Kier alpha value is -1.36. The summed E-state index contributed by atoms with van der Waals surface area (Å²) in [5.74, 6) is 0.0512. The smallest absolute Gasteiger partial charge is 0.303 e. The summed E-state index contributed by atoms with van der Waals surface area (Å²) in [6.07, 6.45) is 7.06. The third-order valence-electron chi connectivity index (χ3n) is 4.25. The van der Waals surface area contributed by atoms with Gasteiger partial charge in [0.2, 0.25) is 0 Å². The first-order chi connectivity index (χ1) is 10.6. The van der Waals surface area contributed by atoms with E-state index in [9.17, 15) is 9.59 Å². The summed E-state index contributed by atoms with van der Waals surface area (Å²) >= 11 is 1.72. The van der Waals surface area contributed by atoms with Crippen LogP contribution in [0.4, 0.5) is 0 Å². The Balaban J connectivity index is 1.69. The van der Waals surface area contributed by atoms with Gasteiger partial charge in [0.05, 0.1) is 5.56 Å². The second-order valence-corrected chi connectivity index (χ2v) is 7.18. The zero-order chi connectivity index (χ0) is 15.9. The number of unbranched alkanes of at least 4 members (excludes halogenated alkanes) is 3. The van der Waals surface area contributed by atoms with Crippen LogP contribution in [-0.2, 0) is 17.6 Å². The van der Waals surface area contributed by atoms with Crippen molar-refractivity contribution in [3.8, 4) is 0 Å². The predicted molar refractivity (Wildman–Crippen MR) is 88.6 cm³/mol. The first-order valence-corrected chi connectivity index (χ1v) is 9.05. The molecule has 4 nitrogen and oxygen atoms in total. The molecule has 1 atom stereocenters. The molecule has 0 saturated carbocycles. The molecule has 1 aliphatic carbocycles. The molecule has 0 unspecified atom stereocenters. The summed E-state index contributed by atoms with van der Waals surface area (Å²) in [6.45, 7) is 2.94. The average Bonchev–Trinajstić information content (AvgIpc) is 2.88. The SMILES string of the molecule is C[C@H]1CCc2c(C(=O)NCCCCCCC(=O)O)csc2C1. The highest BCUT2D eigenvalue weighted by molar-refractivity contribution is 7.10. The maximum Gasteiger partial charge on any atom is 0.303 e. The van der Waals surface area contributed by atoms with E-state index in [0.717, 1.165) is 50.0 Å². The number of fused-ring (bicyclic) bond motifs is 1. The lowest BCUT2D eigenvalue weighted by Crippen LogP contribution is -2.25. The number of carbonyl (C=O) groups is 2. The molecule has 122 valence electrons. The molecule has 1 aromatic heterocycles. The van der Waals surface area contributed by atoms with Crippen LogP contribution in [0, 0.1) is 5.92 Å². The number of carbonyl (C=O) groups excluding carboxylic acids is 1. The van der Waals surface area contributed by atoms with Crippen molar-refractivity contribution in [1.82, 2.24) is 5.32 Å². The van der Waals surface area contributed by atoms with Crippen molar-refractivity contribution >= 4 is 23.2 Å². The van der Waals surface area contributed by atoms with Crippen LogP contribution in [0.5, 0.6) is 0 Å². The van der Waals surface area contributed by atoms with Crippen LogP contribution in [0.1, 0.15) is 66.2 Å². The van der Waals surface area contributed by atoms with Gasteiger partial charge in [0, 0.05) is 23.2 Å². The lowest BCUT2D eigenvalue weighted by molar-refractivity contribution is -0.137. The van der Waals surface area contributed by atoms with Gasteiger partial charge in [-0.2, -0.15) is 0 Å². The molecule has 0 fully saturated rings. The molecule has 22 heavy (non-hydrogen) atoms. The van der Waals surface area contributed by atoms with Crippen molar-refractivity contribution in [1.29, 1.82) is 0 Å². The first-order valence-electron chi connectivity index (χ1n) is 8.17. The van der Waals surface area contributed by atoms with Crippen LogP contribution in [0.2, 0.25) is 0 Å². The molecule has 0 aromatic carbocycles. The predicted octanol–water partition coefficient (Wildman–Crippen LogP) is 3.64. The first kappa shape index (κ1) is 17.0. The number of hydrogen-bond donors (Lipinski definition) is 2. The minimum atomic E-state index is -0.732. The molecule has 1 aliphatic rings. The lowest BCUT2D eigenvalue weighted by Gasteiger charge is -2.18. The van der Waals surface area contributed by atoms with Gasteiger partial charge in [-0.1, -0.05) is 19.8 Å². The molecule has 5 heteroatoms. The third-order valence-corrected chi connectivity index (χ3v) is 5.30. The van der Waals surface area contributed by atoms with Crippen LogP contribution in [0.3, 0.4) is 0 Å². The quantitative estimate of drug-likeness (QED) is 0.718. The number of thiophene rings is 1. The molecule has 0 saturated heterocycles. The lowest BCUT2D eigenvalue weighted by atomic mass is 9.88. The summed E-state index contributed by atoms with van der Waals surface area (Å²) in [5, 5.41) is 13.6. The summed E-state index contributed by atoms with van der Waals surface area (Å²) in [6, 6.07) is 0. The molecule has 2 N–H and O–H groups in total. The van der Waals surface area contributed by atoms with Gasteiger partial charge in [0.25, 0.3) is 5.91 Å². The second kappa shape index (κ2) is 8.32. The Kier molecular flexibility index (Phi) is 6.43. The molecule has 0 bridgehead atoms. The summed E-state index contributed by atoms with van der Waals surface area (Å²) < 4.78 is 0. The minimum absolute atomic E-state index is 0.0533. The Morgan fingerprint density at radius 3 is 2.86 bits per heavy atom. The molecule has 1 heterocycles. The van der Waals surface area contributed by atoms with Crippen LogP contribution < -0.4 is 5.32 Å². The van der Waals surface area contributed by atoms with E-state index in [1.165, 1.54) is 16.9 Å². The molecule has 2 rings (SSSR count). The van der Waals surface area contributed by atoms with Crippen LogP contribution in [0.15, 0.2) is 5.38 Å². The van der Waals surface area contributed by atoms with Crippen molar-refractivity contribution in [3.05, 3.63) is 21.4 Å². The Morgan fingerprint density at radius 2 is 2.09 bits per heavy atom. The van der Waals surface area contributed by atoms with Crippen molar-refractivity contribution in [2.24, 2.45) is 5.92 Å². The normalized spacial score (nSPS) is 17.0. The molecule has 0 spiro atoms. The highest BCUT2D eigenvalue weighted by atomic mass is 32.1. The molecule has 0 radical (unpaired) electrons. The third kappa shape index (κ3) is 4.83. The number of carboxylic acid groups (broad SMARTS) is 1.